The van der Waals surface area contributed by atoms with Crippen LogP contribution < -0.4 is 5.01 Å². The maximum atomic E-state index is 10.9. The number of allylic oxidation sites excluding steroid dienone is 1. The summed E-state index contributed by atoms with van der Waals surface area (Å²) >= 11 is 0. The van der Waals surface area contributed by atoms with Crippen LogP contribution in [0.5, 0.6) is 0 Å². The molecule has 3 nitrogen and oxygen atoms in total. The van der Waals surface area contributed by atoms with Crippen LogP contribution in [0.3, 0.4) is 0 Å². The molecule has 4 rings (SSSR count). The predicted octanol–water partition coefficient (Wildman–Crippen LogP) is 5.17. The zero-order valence-electron chi connectivity index (χ0n) is 14.9. The Morgan fingerprint density at radius 2 is 1.44 bits per heavy atom. The highest BCUT2D eigenvalue weighted by molar-refractivity contribution is 6.05. The van der Waals surface area contributed by atoms with Crippen molar-refractivity contribution in [1.29, 1.82) is 0 Å². The van der Waals surface area contributed by atoms with E-state index in [-0.39, 0.29) is 5.92 Å². The van der Waals surface area contributed by atoms with E-state index in [0.29, 0.717) is 5.56 Å². The van der Waals surface area contributed by atoms with Gasteiger partial charge in [-0.3, -0.25) is 9.80 Å². The Labute approximate surface area is 159 Å². The standard InChI is InChI=1S/C24H20N2O/c27-18-20-11-14-22(15-12-20)26-17-23(21-9-5-2-6-10-21)24(25-26)16-13-19-7-3-1-4-8-19/h1-16,18,23H,17H2/b16-13+. The molecule has 0 amide bonds. The van der Waals surface area contributed by atoms with Gasteiger partial charge in [-0.25, -0.2) is 0 Å². The maximum absolute atomic E-state index is 10.9. The van der Waals surface area contributed by atoms with Gasteiger partial charge in [0.05, 0.1) is 17.9 Å². The number of hydrogen-bond acceptors (Lipinski definition) is 3. The number of hydrazone groups is 1. The highest BCUT2D eigenvalue weighted by Crippen LogP contribution is 2.30. The third-order valence-corrected chi connectivity index (χ3v) is 4.72. The van der Waals surface area contributed by atoms with Crippen molar-refractivity contribution in [3.05, 3.63) is 108 Å². The molecule has 0 aliphatic carbocycles. The second kappa shape index (κ2) is 7.83. The zero-order valence-corrected chi connectivity index (χ0v) is 14.9. The molecule has 3 aromatic carbocycles. The highest BCUT2D eigenvalue weighted by Gasteiger charge is 2.27. The smallest absolute Gasteiger partial charge is 0.150 e. The molecule has 0 saturated heterocycles. The van der Waals surface area contributed by atoms with Gasteiger partial charge in [0.25, 0.3) is 0 Å². The molecule has 1 atom stereocenters. The van der Waals surface area contributed by atoms with E-state index in [1.807, 2.05) is 53.5 Å². The van der Waals surface area contributed by atoms with Crippen molar-refractivity contribution in [1.82, 2.24) is 0 Å². The first kappa shape index (κ1) is 17.0. The van der Waals surface area contributed by atoms with Gasteiger partial charge in [-0.1, -0.05) is 66.7 Å². The Morgan fingerprint density at radius 3 is 2.11 bits per heavy atom. The number of carbonyl (C=O) groups excluding carboxylic acids is 1. The summed E-state index contributed by atoms with van der Waals surface area (Å²) in [5, 5.41) is 6.87. The minimum absolute atomic E-state index is 0.205. The SMILES string of the molecule is O=Cc1ccc(N2CC(c3ccccc3)C(/C=C/c3ccccc3)=N2)cc1. The normalized spacial score (nSPS) is 16.5. The van der Waals surface area contributed by atoms with Gasteiger partial charge in [-0.2, -0.15) is 5.10 Å². The van der Waals surface area contributed by atoms with Crippen molar-refractivity contribution in [3.63, 3.8) is 0 Å². The third-order valence-electron chi connectivity index (χ3n) is 4.72. The number of carbonyl (C=O) groups is 1. The molecule has 0 saturated carbocycles. The Morgan fingerprint density at radius 1 is 0.778 bits per heavy atom. The van der Waals surface area contributed by atoms with Crippen molar-refractivity contribution >= 4 is 23.8 Å². The molecule has 0 radical (unpaired) electrons. The number of rotatable bonds is 5. The molecule has 1 heterocycles. The monoisotopic (exact) mass is 352 g/mol. The lowest BCUT2D eigenvalue weighted by atomic mass is 9.94. The van der Waals surface area contributed by atoms with E-state index in [9.17, 15) is 4.79 Å². The molecule has 0 N–H and O–H groups in total. The number of nitrogens with zero attached hydrogens (tertiary/aromatic N) is 2. The lowest BCUT2D eigenvalue weighted by molar-refractivity contribution is 0.112. The molecule has 0 fully saturated rings. The summed E-state index contributed by atoms with van der Waals surface area (Å²) in [6.07, 6.45) is 5.07. The molecule has 1 aliphatic heterocycles. The molecule has 0 bridgehead atoms. The van der Waals surface area contributed by atoms with E-state index in [2.05, 4.69) is 48.6 Å². The van der Waals surface area contributed by atoms with Crippen molar-refractivity contribution in [2.75, 3.05) is 11.6 Å². The average Bonchev–Trinajstić information content (AvgIpc) is 3.18. The van der Waals surface area contributed by atoms with Crippen LogP contribution in [0, 0.1) is 0 Å². The summed E-state index contributed by atoms with van der Waals surface area (Å²) in [6, 6.07) is 28.2. The lowest BCUT2D eigenvalue weighted by Crippen LogP contribution is -2.17. The second-order valence-electron chi connectivity index (χ2n) is 6.52. The quantitative estimate of drug-likeness (QED) is 0.593. The van der Waals surface area contributed by atoms with E-state index in [4.69, 9.17) is 5.10 Å². The van der Waals surface area contributed by atoms with Crippen LogP contribution in [0.2, 0.25) is 0 Å². The summed E-state index contributed by atoms with van der Waals surface area (Å²) in [6.45, 7) is 0.777. The van der Waals surface area contributed by atoms with E-state index in [1.54, 1.807) is 0 Å². The molecule has 1 aliphatic rings. The zero-order chi connectivity index (χ0) is 18.5. The van der Waals surface area contributed by atoms with Crippen LogP contribution in [-0.4, -0.2) is 18.5 Å². The Balaban J connectivity index is 1.65. The Kier molecular flexibility index (Phi) is 4.93. The van der Waals surface area contributed by atoms with Crippen LogP contribution in [0.1, 0.15) is 27.4 Å². The number of benzene rings is 3. The van der Waals surface area contributed by atoms with Crippen LogP contribution in [0.4, 0.5) is 5.69 Å². The van der Waals surface area contributed by atoms with Gasteiger partial charge < -0.3 is 0 Å². The molecule has 0 spiro atoms. The minimum atomic E-state index is 0.205. The summed E-state index contributed by atoms with van der Waals surface area (Å²) in [7, 11) is 0. The minimum Gasteiger partial charge on any atom is -0.298 e. The fourth-order valence-corrected chi connectivity index (χ4v) is 3.26. The van der Waals surface area contributed by atoms with Crippen molar-refractivity contribution in [2.45, 2.75) is 5.92 Å². The molecular formula is C24H20N2O. The van der Waals surface area contributed by atoms with Gasteiger partial charge in [0.15, 0.2) is 0 Å². The van der Waals surface area contributed by atoms with Gasteiger partial charge in [-0.05, 0) is 41.5 Å². The first-order valence-corrected chi connectivity index (χ1v) is 9.03. The third kappa shape index (κ3) is 3.87. The fourth-order valence-electron chi connectivity index (χ4n) is 3.26. The van der Waals surface area contributed by atoms with Crippen LogP contribution >= 0.6 is 0 Å². The van der Waals surface area contributed by atoms with Gasteiger partial charge in [-0.15, -0.1) is 0 Å². The number of aldehydes is 1. The fraction of sp³-hybridized carbons (Fsp3) is 0.0833. The first-order chi connectivity index (χ1) is 13.3. The van der Waals surface area contributed by atoms with E-state index >= 15 is 0 Å². The Hall–Kier alpha value is -3.46. The van der Waals surface area contributed by atoms with Crippen LogP contribution in [0.15, 0.2) is 96.1 Å². The summed E-state index contributed by atoms with van der Waals surface area (Å²) in [4.78, 5) is 10.9. The van der Waals surface area contributed by atoms with E-state index < -0.39 is 0 Å². The molecule has 0 aromatic heterocycles. The number of anilines is 1. The molecule has 3 heteroatoms. The molecular weight excluding hydrogens is 332 g/mol. The topological polar surface area (TPSA) is 32.7 Å². The second-order valence-corrected chi connectivity index (χ2v) is 6.52. The average molecular weight is 352 g/mol. The molecule has 27 heavy (non-hydrogen) atoms. The Bertz CT molecular complexity index is 960. The van der Waals surface area contributed by atoms with Gasteiger partial charge in [0.1, 0.15) is 6.29 Å². The van der Waals surface area contributed by atoms with Crippen molar-refractivity contribution < 1.29 is 4.79 Å². The molecule has 132 valence electrons. The lowest BCUT2D eigenvalue weighted by Gasteiger charge is -2.16. The predicted molar refractivity (Wildman–Crippen MR) is 111 cm³/mol. The maximum Gasteiger partial charge on any atom is 0.150 e. The highest BCUT2D eigenvalue weighted by atomic mass is 16.1. The number of hydrogen-bond donors (Lipinski definition) is 0. The van der Waals surface area contributed by atoms with Gasteiger partial charge in [0, 0.05) is 11.5 Å². The van der Waals surface area contributed by atoms with Gasteiger partial charge >= 0.3 is 0 Å². The van der Waals surface area contributed by atoms with Crippen molar-refractivity contribution in [2.24, 2.45) is 5.10 Å². The summed E-state index contributed by atoms with van der Waals surface area (Å²) < 4.78 is 0. The van der Waals surface area contributed by atoms with E-state index in [1.165, 1.54) is 5.56 Å². The molecule has 3 aromatic rings. The largest absolute Gasteiger partial charge is 0.298 e. The first-order valence-electron chi connectivity index (χ1n) is 9.03. The molecule has 1 unspecified atom stereocenters. The van der Waals surface area contributed by atoms with Crippen LogP contribution in [0.25, 0.3) is 6.08 Å². The van der Waals surface area contributed by atoms with Crippen LogP contribution in [-0.2, 0) is 0 Å². The van der Waals surface area contributed by atoms with Gasteiger partial charge in [0.2, 0.25) is 0 Å². The van der Waals surface area contributed by atoms with E-state index in [0.717, 1.165) is 29.8 Å². The summed E-state index contributed by atoms with van der Waals surface area (Å²) in [5.74, 6) is 0.205. The van der Waals surface area contributed by atoms with Crippen molar-refractivity contribution in [3.8, 4) is 0 Å². The summed E-state index contributed by atoms with van der Waals surface area (Å²) in [5.41, 5.74) is 5.10.